The molecule has 3 aromatic rings. The van der Waals surface area contributed by atoms with Crippen LogP contribution in [-0.2, 0) is 16.0 Å². The third kappa shape index (κ3) is 3.65. The number of hydrogen-bond acceptors (Lipinski definition) is 2. The Bertz CT molecular complexity index is 1020. The summed E-state index contributed by atoms with van der Waals surface area (Å²) in [6.07, 6.45) is 3.38. The number of para-hydroxylation sites is 2. The molecule has 0 bridgehead atoms. The molecule has 5 nitrogen and oxygen atoms in total. The van der Waals surface area contributed by atoms with Gasteiger partial charge in [-0.05, 0) is 49.4 Å². The molecule has 3 N–H and O–H groups in total. The highest BCUT2D eigenvalue weighted by molar-refractivity contribution is 6.00. The molecule has 0 spiro atoms. The fourth-order valence-corrected chi connectivity index (χ4v) is 3.79. The van der Waals surface area contributed by atoms with Crippen LogP contribution in [0.4, 0.5) is 5.69 Å². The Morgan fingerprint density at radius 2 is 1.71 bits per heavy atom. The zero-order chi connectivity index (χ0) is 19.7. The Morgan fingerprint density at radius 1 is 1.00 bits per heavy atom. The SMILES string of the molecule is Cc1cccc(C)c1NC(=O)C1CC1C(=O)NCCc1c[nH]c2ccccc12. The standard InChI is InChI=1S/C23H25N3O2/c1-14-6-5-7-15(2)21(14)26-23(28)19-12-18(19)22(27)24-11-10-16-13-25-20-9-4-3-8-17(16)20/h3-9,13,18-19,25H,10-12H2,1-2H3,(H,24,27)(H,26,28). The Kier molecular flexibility index (Phi) is 4.90. The maximum absolute atomic E-state index is 12.5. The van der Waals surface area contributed by atoms with Crippen molar-refractivity contribution in [3.63, 3.8) is 0 Å². The van der Waals surface area contributed by atoms with Crippen molar-refractivity contribution < 1.29 is 9.59 Å². The first-order valence-corrected chi connectivity index (χ1v) is 9.74. The summed E-state index contributed by atoms with van der Waals surface area (Å²) in [5, 5.41) is 7.18. The van der Waals surface area contributed by atoms with Gasteiger partial charge in [0.2, 0.25) is 11.8 Å². The molecule has 0 aliphatic heterocycles. The molecule has 0 radical (unpaired) electrons. The minimum atomic E-state index is -0.230. The highest BCUT2D eigenvalue weighted by Crippen LogP contribution is 2.40. The third-order valence-corrected chi connectivity index (χ3v) is 5.56. The minimum Gasteiger partial charge on any atom is -0.361 e. The summed E-state index contributed by atoms with van der Waals surface area (Å²) in [6.45, 7) is 4.53. The lowest BCUT2D eigenvalue weighted by atomic mass is 10.1. The van der Waals surface area contributed by atoms with Crippen molar-refractivity contribution in [3.8, 4) is 0 Å². The van der Waals surface area contributed by atoms with Crippen LogP contribution < -0.4 is 10.6 Å². The third-order valence-electron chi connectivity index (χ3n) is 5.56. The van der Waals surface area contributed by atoms with Crippen LogP contribution in [0.3, 0.4) is 0 Å². The number of aromatic amines is 1. The van der Waals surface area contributed by atoms with Crippen molar-refractivity contribution in [1.82, 2.24) is 10.3 Å². The molecule has 1 aliphatic rings. The number of rotatable bonds is 6. The van der Waals surface area contributed by atoms with Gasteiger partial charge < -0.3 is 15.6 Å². The first-order chi connectivity index (χ1) is 13.5. The summed E-state index contributed by atoms with van der Waals surface area (Å²) < 4.78 is 0. The van der Waals surface area contributed by atoms with Crippen LogP contribution in [0.1, 0.15) is 23.1 Å². The molecule has 1 fully saturated rings. The molecule has 5 heteroatoms. The van der Waals surface area contributed by atoms with E-state index in [0.29, 0.717) is 13.0 Å². The van der Waals surface area contributed by atoms with Crippen LogP contribution in [0.15, 0.2) is 48.7 Å². The summed E-state index contributed by atoms with van der Waals surface area (Å²) in [5.41, 5.74) is 5.23. The molecule has 0 saturated heterocycles. The van der Waals surface area contributed by atoms with E-state index in [-0.39, 0.29) is 23.7 Å². The highest BCUT2D eigenvalue weighted by Gasteiger charge is 2.48. The molecule has 28 heavy (non-hydrogen) atoms. The number of hydrogen-bond donors (Lipinski definition) is 3. The molecule has 1 heterocycles. The Hall–Kier alpha value is -3.08. The molecule has 2 aromatic carbocycles. The number of anilines is 1. The maximum atomic E-state index is 12.5. The van der Waals surface area contributed by atoms with Crippen molar-refractivity contribution in [2.24, 2.45) is 11.8 Å². The second kappa shape index (κ2) is 7.50. The first kappa shape index (κ1) is 18.3. The molecular formula is C23H25N3O2. The summed E-state index contributed by atoms with van der Waals surface area (Å²) in [6, 6.07) is 14.1. The molecule has 2 atom stereocenters. The van der Waals surface area contributed by atoms with Gasteiger partial charge in [-0.2, -0.15) is 0 Å². The first-order valence-electron chi connectivity index (χ1n) is 9.74. The maximum Gasteiger partial charge on any atom is 0.228 e. The number of fused-ring (bicyclic) bond motifs is 1. The number of carbonyl (C=O) groups excluding carboxylic acids is 2. The lowest BCUT2D eigenvalue weighted by Gasteiger charge is -2.11. The van der Waals surface area contributed by atoms with Crippen molar-refractivity contribution in [1.29, 1.82) is 0 Å². The van der Waals surface area contributed by atoms with E-state index in [1.165, 1.54) is 10.9 Å². The Morgan fingerprint density at radius 3 is 2.50 bits per heavy atom. The summed E-state index contributed by atoms with van der Waals surface area (Å²) in [5.74, 6) is -0.532. The molecule has 4 rings (SSSR count). The van der Waals surface area contributed by atoms with Gasteiger partial charge in [-0.15, -0.1) is 0 Å². The van der Waals surface area contributed by atoms with Gasteiger partial charge in [0, 0.05) is 29.3 Å². The predicted molar refractivity (Wildman–Crippen MR) is 111 cm³/mol. The topological polar surface area (TPSA) is 74.0 Å². The van der Waals surface area contributed by atoms with Crippen LogP contribution >= 0.6 is 0 Å². The number of amides is 2. The fraction of sp³-hybridized carbons (Fsp3) is 0.304. The van der Waals surface area contributed by atoms with Crippen LogP contribution in [-0.4, -0.2) is 23.3 Å². The van der Waals surface area contributed by atoms with Gasteiger partial charge in [0.25, 0.3) is 0 Å². The average molecular weight is 375 g/mol. The van der Waals surface area contributed by atoms with Crippen molar-refractivity contribution in [2.75, 3.05) is 11.9 Å². The molecule has 1 aliphatic carbocycles. The summed E-state index contributed by atoms with van der Waals surface area (Å²) in [7, 11) is 0. The van der Waals surface area contributed by atoms with E-state index < -0.39 is 0 Å². The molecular weight excluding hydrogens is 350 g/mol. The van der Waals surface area contributed by atoms with Crippen LogP contribution in [0, 0.1) is 25.7 Å². The predicted octanol–water partition coefficient (Wildman–Crippen LogP) is 3.72. The van der Waals surface area contributed by atoms with E-state index in [1.54, 1.807) is 0 Å². The van der Waals surface area contributed by atoms with Gasteiger partial charge >= 0.3 is 0 Å². The van der Waals surface area contributed by atoms with Gasteiger partial charge in [-0.3, -0.25) is 9.59 Å². The van der Waals surface area contributed by atoms with Gasteiger partial charge in [-0.1, -0.05) is 36.4 Å². The Balaban J connectivity index is 1.28. The molecule has 2 amide bonds. The summed E-state index contributed by atoms with van der Waals surface area (Å²) in [4.78, 5) is 28.2. The fourth-order valence-electron chi connectivity index (χ4n) is 3.79. The van der Waals surface area contributed by atoms with Crippen LogP contribution in [0.25, 0.3) is 10.9 Å². The lowest BCUT2D eigenvalue weighted by Crippen LogP contribution is -2.29. The van der Waals surface area contributed by atoms with E-state index in [4.69, 9.17) is 0 Å². The quantitative estimate of drug-likeness (QED) is 0.614. The van der Waals surface area contributed by atoms with Crippen molar-refractivity contribution in [2.45, 2.75) is 26.7 Å². The zero-order valence-electron chi connectivity index (χ0n) is 16.2. The minimum absolute atomic E-state index is 0.0264. The monoisotopic (exact) mass is 375 g/mol. The van der Waals surface area contributed by atoms with Gasteiger partial charge in [0.15, 0.2) is 0 Å². The van der Waals surface area contributed by atoms with Gasteiger partial charge in [0.05, 0.1) is 11.8 Å². The lowest BCUT2D eigenvalue weighted by molar-refractivity contribution is -0.125. The number of benzene rings is 2. The molecule has 2 unspecified atom stereocenters. The van der Waals surface area contributed by atoms with Gasteiger partial charge in [-0.25, -0.2) is 0 Å². The van der Waals surface area contributed by atoms with E-state index in [2.05, 4.69) is 21.7 Å². The van der Waals surface area contributed by atoms with E-state index in [9.17, 15) is 9.59 Å². The number of carbonyl (C=O) groups is 2. The van der Waals surface area contributed by atoms with E-state index >= 15 is 0 Å². The largest absolute Gasteiger partial charge is 0.361 e. The normalized spacial score (nSPS) is 18.1. The second-order valence-corrected chi connectivity index (χ2v) is 7.61. The smallest absolute Gasteiger partial charge is 0.228 e. The van der Waals surface area contributed by atoms with Gasteiger partial charge in [0.1, 0.15) is 0 Å². The van der Waals surface area contributed by atoms with Crippen LogP contribution in [0.2, 0.25) is 0 Å². The zero-order valence-corrected chi connectivity index (χ0v) is 16.2. The number of nitrogens with one attached hydrogen (secondary N) is 3. The molecule has 1 aromatic heterocycles. The second-order valence-electron chi connectivity index (χ2n) is 7.61. The molecule has 144 valence electrons. The number of aromatic nitrogens is 1. The Labute approximate surface area is 164 Å². The highest BCUT2D eigenvalue weighted by atomic mass is 16.2. The summed E-state index contributed by atoms with van der Waals surface area (Å²) >= 11 is 0. The van der Waals surface area contributed by atoms with E-state index in [1.807, 2.05) is 56.4 Å². The average Bonchev–Trinajstić information content (AvgIpc) is 3.40. The van der Waals surface area contributed by atoms with E-state index in [0.717, 1.165) is 28.8 Å². The van der Waals surface area contributed by atoms with Crippen molar-refractivity contribution in [3.05, 3.63) is 65.4 Å². The number of H-pyrrole nitrogens is 1. The number of aryl methyl sites for hydroxylation is 2. The molecule has 1 saturated carbocycles. The van der Waals surface area contributed by atoms with Crippen molar-refractivity contribution >= 4 is 28.4 Å². The van der Waals surface area contributed by atoms with Crippen LogP contribution in [0.5, 0.6) is 0 Å².